The second-order valence-corrected chi connectivity index (χ2v) is 9.69. The zero-order valence-electron chi connectivity index (χ0n) is 16.9. The molecule has 7 nitrogen and oxygen atoms in total. The molecule has 1 N–H and O–H groups in total. The molecule has 4 rings (SSSR count). The Morgan fingerprint density at radius 2 is 1.94 bits per heavy atom. The molecule has 1 amide bonds. The van der Waals surface area contributed by atoms with Crippen molar-refractivity contribution in [2.24, 2.45) is 5.92 Å². The Kier molecular flexibility index (Phi) is 6.13. The molecule has 162 valence electrons. The molecule has 2 aromatic carbocycles. The third-order valence-electron chi connectivity index (χ3n) is 5.45. The molecule has 1 aromatic heterocycles. The largest absolute Gasteiger partial charge is 0.494 e. The number of benzene rings is 2. The first-order valence-corrected chi connectivity index (χ1v) is 11.7. The number of sulfonamides is 1. The van der Waals surface area contributed by atoms with E-state index in [0.717, 1.165) is 0 Å². The summed E-state index contributed by atoms with van der Waals surface area (Å²) >= 11 is 5.97. The van der Waals surface area contributed by atoms with Crippen LogP contribution in [0.1, 0.15) is 12.8 Å². The summed E-state index contributed by atoms with van der Waals surface area (Å²) in [4.78, 5) is 17.1. The summed E-state index contributed by atoms with van der Waals surface area (Å²) in [6, 6.07) is 13.5. The molecule has 1 saturated heterocycles. The number of nitrogens with zero attached hydrogens (tertiary/aromatic N) is 2. The lowest BCUT2D eigenvalue weighted by Gasteiger charge is -2.31. The number of methoxy groups -OCH3 is 1. The zero-order chi connectivity index (χ0) is 22.0. The summed E-state index contributed by atoms with van der Waals surface area (Å²) in [6.07, 6.45) is 2.49. The Morgan fingerprint density at radius 1 is 1.16 bits per heavy atom. The van der Waals surface area contributed by atoms with Crippen molar-refractivity contribution in [3.63, 3.8) is 0 Å². The number of carbonyl (C=O) groups is 1. The molecule has 1 fully saturated rings. The average Bonchev–Trinajstić information content (AvgIpc) is 2.78. The van der Waals surface area contributed by atoms with Gasteiger partial charge in [0, 0.05) is 41.3 Å². The summed E-state index contributed by atoms with van der Waals surface area (Å²) in [5.74, 6) is 0.129. The van der Waals surface area contributed by atoms with E-state index in [1.165, 1.54) is 11.4 Å². The van der Waals surface area contributed by atoms with E-state index in [1.807, 2.05) is 0 Å². The summed E-state index contributed by atoms with van der Waals surface area (Å²) in [7, 11) is -2.21. The fraction of sp³-hybridized carbons (Fsp3) is 0.273. The van der Waals surface area contributed by atoms with E-state index in [4.69, 9.17) is 16.3 Å². The number of halogens is 1. The van der Waals surface area contributed by atoms with Crippen LogP contribution in [0.2, 0.25) is 5.02 Å². The third kappa shape index (κ3) is 4.37. The van der Waals surface area contributed by atoms with Crippen molar-refractivity contribution in [1.82, 2.24) is 9.29 Å². The Balaban J connectivity index is 1.50. The van der Waals surface area contributed by atoms with Crippen LogP contribution < -0.4 is 10.1 Å². The lowest BCUT2D eigenvalue weighted by Crippen LogP contribution is -2.41. The van der Waals surface area contributed by atoms with Gasteiger partial charge in [-0.1, -0.05) is 17.7 Å². The Labute approximate surface area is 186 Å². The van der Waals surface area contributed by atoms with Crippen molar-refractivity contribution in [3.05, 3.63) is 59.8 Å². The van der Waals surface area contributed by atoms with Crippen LogP contribution in [-0.2, 0) is 14.8 Å². The summed E-state index contributed by atoms with van der Waals surface area (Å²) in [6.45, 7) is 0.535. The van der Waals surface area contributed by atoms with Crippen molar-refractivity contribution in [3.8, 4) is 5.75 Å². The highest BCUT2D eigenvalue weighted by molar-refractivity contribution is 7.89. The van der Waals surface area contributed by atoms with Crippen molar-refractivity contribution in [2.45, 2.75) is 17.7 Å². The fourth-order valence-electron chi connectivity index (χ4n) is 3.82. The molecule has 0 spiro atoms. The van der Waals surface area contributed by atoms with Gasteiger partial charge in [0.25, 0.3) is 0 Å². The number of hydrogen-bond donors (Lipinski definition) is 1. The van der Waals surface area contributed by atoms with Crippen LogP contribution in [0.15, 0.2) is 59.6 Å². The highest BCUT2D eigenvalue weighted by Gasteiger charge is 2.33. The number of anilines is 1. The lowest BCUT2D eigenvalue weighted by molar-refractivity contribution is -0.120. The molecule has 0 atom stereocenters. The molecular weight excluding hydrogens is 438 g/mol. The number of fused-ring (bicyclic) bond motifs is 1. The molecule has 0 aliphatic carbocycles. The standard InChI is InChI=1S/C22H22ClN3O4S/c1-30-19-7-8-20(18-6-3-11-24-21(18)19)31(28,29)26-12-9-15(10-13-26)22(27)25-17-5-2-4-16(23)14-17/h2-8,11,14-15H,9-10,12-13H2,1H3,(H,25,27). The van der Waals surface area contributed by atoms with Gasteiger partial charge in [-0.2, -0.15) is 4.31 Å². The monoisotopic (exact) mass is 459 g/mol. The number of carbonyl (C=O) groups excluding carboxylic acids is 1. The molecular formula is C22H22ClN3O4S. The number of rotatable bonds is 5. The quantitative estimate of drug-likeness (QED) is 0.624. The summed E-state index contributed by atoms with van der Waals surface area (Å²) in [5.41, 5.74) is 1.13. The molecule has 1 aliphatic heterocycles. The molecule has 2 heterocycles. The number of aromatic nitrogens is 1. The maximum atomic E-state index is 13.3. The first kappa shape index (κ1) is 21.5. The molecule has 3 aromatic rings. The number of pyridine rings is 1. The van der Waals surface area contributed by atoms with Crippen LogP contribution >= 0.6 is 11.6 Å². The number of ether oxygens (including phenoxy) is 1. The second kappa shape index (κ2) is 8.82. The van der Waals surface area contributed by atoms with Gasteiger partial charge in [0.2, 0.25) is 15.9 Å². The Bertz CT molecular complexity index is 1220. The van der Waals surface area contributed by atoms with Gasteiger partial charge in [0.1, 0.15) is 11.3 Å². The van der Waals surface area contributed by atoms with Gasteiger partial charge < -0.3 is 10.1 Å². The Hall–Kier alpha value is -2.68. The van der Waals surface area contributed by atoms with Crippen LogP contribution in [0.3, 0.4) is 0 Å². The minimum atomic E-state index is -3.74. The molecule has 31 heavy (non-hydrogen) atoms. The van der Waals surface area contributed by atoms with Crippen LogP contribution in [-0.4, -0.2) is 43.8 Å². The van der Waals surface area contributed by atoms with Gasteiger partial charge in [-0.25, -0.2) is 8.42 Å². The fourth-order valence-corrected chi connectivity index (χ4v) is 5.66. The second-order valence-electron chi connectivity index (χ2n) is 7.34. The number of piperidine rings is 1. The topological polar surface area (TPSA) is 88.6 Å². The average molecular weight is 460 g/mol. The first-order chi connectivity index (χ1) is 14.9. The predicted octanol–water partition coefficient (Wildman–Crippen LogP) is 3.94. The van der Waals surface area contributed by atoms with Crippen LogP contribution in [0, 0.1) is 5.92 Å². The lowest BCUT2D eigenvalue weighted by atomic mass is 9.97. The summed E-state index contributed by atoms with van der Waals surface area (Å²) in [5, 5.41) is 3.92. The van der Waals surface area contributed by atoms with Gasteiger partial charge in [-0.15, -0.1) is 0 Å². The number of amides is 1. The highest BCUT2D eigenvalue weighted by atomic mass is 35.5. The number of hydrogen-bond acceptors (Lipinski definition) is 5. The third-order valence-corrected chi connectivity index (χ3v) is 7.64. The number of nitrogens with one attached hydrogen (secondary N) is 1. The van der Waals surface area contributed by atoms with Gasteiger partial charge in [0.05, 0.1) is 12.0 Å². The van der Waals surface area contributed by atoms with Crippen molar-refractivity contribution in [1.29, 1.82) is 0 Å². The Morgan fingerprint density at radius 3 is 2.65 bits per heavy atom. The zero-order valence-corrected chi connectivity index (χ0v) is 18.5. The smallest absolute Gasteiger partial charge is 0.243 e. The molecule has 0 unspecified atom stereocenters. The van der Waals surface area contributed by atoms with E-state index in [1.54, 1.807) is 54.7 Å². The van der Waals surface area contributed by atoms with Gasteiger partial charge in [-0.05, 0) is 55.3 Å². The van der Waals surface area contributed by atoms with Crippen molar-refractivity contribution >= 4 is 44.1 Å². The van der Waals surface area contributed by atoms with Gasteiger partial charge in [-0.3, -0.25) is 9.78 Å². The first-order valence-electron chi connectivity index (χ1n) is 9.88. The van der Waals surface area contributed by atoms with E-state index < -0.39 is 10.0 Å². The minimum absolute atomic E-state index is 0.126. The van der Waals surface area contributed by atoms with E-state index >= 15 is 0 Å². The van der Waals surface area contributed by atoms with Gasteiger partial charge >= 0.3 is 0 Å². The van der Waals surface area contributed by atoms with E-state index in [2.05, 4.69) is 10.3 Å². The van der Waals surface area contributed by atoms with Crippen molar-refractivity contribution < 1.29 is 17.9 Å². The van der Waals surface area contributed by atoms with E-state index in [0.29, 0.717) is 40.2 Å². The van der Waals surface area contributed by atoms with Gasteiger partial charge in [0.15, 0.2) is 0 Å². The predicted molar refractivity (Wildman–Crippen MR) is 120 cm³/mol. The minimum Gasteiger partial charge on any atom is -0.494 e. The molecule has 0 bridgehead atoms. The van der Waals surface area contributed by atoms with Crippen LogP contribution in [0.4, 0.5) is 5.69 Å². The SMILES string of the molecule is COc1ccc(S(=O)(=O)N2CCC(C(=O)Nc3cccc(Cl)c3)CC2)c2cccnc12. The molecule has 9 heteroatoms. The normalized spacial score (nSPS) is 15.7. The molecule has 0 radical (unpaired) electrons. The maximum Gasteiger partial charge on any atom is 0.243 e. The van der Waals surface area contributed by atoms with E-state index in [9.17, 15) is 13.2 Å². The maximum absolute atomic E-state index is 13.3. The van der Waals surface area contributed by atoms with Crippen LogP contribution in [0.25, 0.3) is 10.9 Å². The highest BCUT2D eigenvalue weighted by Crippen LogP contribution is 2.32. The van der Waals surface area contributed by atoms with Crippen LogP contribution in [0.5, 0.6) is 5.75 Å². The molecule has 0 saturated carbocycles. The van der Waals surface area contributed by atoms with E-state index in [-0.39, 0.29) is 29.8 Å². The summed E-state index contributed by atoms with van der Waals surface area (Å²) < 4.78 is 33.4. The molecule has 1 aliphatic rings. The van der Waals surface area contributed by atoms with Crippen molar-refractivity contribution in [2.75, 3.05) is 25.5 Å².